The van der Waals surface area contributed by atoms with Crippen LogP contribution in [0.5, 0.6) is 0 Å². The van der Waals surface area contributed by atoms with E-state index in [4.69, 9.17) is 0 Å². The van der Waals surface area contributed by atoms with E-state index in [9.17, 15) is 9.00 Å². The van der Waals surface area contributed by atoms with Crippen LogP contribution in [0.4, 0.5) is 0 Å². The van der Waals surface area contributed by atoms with E-state index in [1.807, 2.05) is 6.92 Å². The Morgan fingerprint density at radius 2 is 2.20 bits per heavy atom. The maximum Gasteiger partial charge on any atom is 0.209 e. The zero-order chi connectivity index (χ0) is 8.15. The SMILES string of the molecule is CC(CS(C)=O)N(C)C=O. The van der Waals surface area contributed by atoms with Crippen molar-refractivity contribution >= 4 is 17.2 Å². The Labute approximate surface area is 63.9 Å². The standard InChI is InChI=1S/C6H13NO2S/c1-6(4-10(3)9)7(2)5-8/h5-6H,4H2,1-3H3. The highest BCUT2D eigenvalue weighted by Gasteiger charge is 2.07. The summed E-state index contributed by atoms with van der Waals surface area (Å²) < 4.78 is 10.6. The van der Waals surface area contributed by atoms with Gasteiger partial charge in [-0.3, -0.25) is 9.00 Å². The van der Waals surface area contributed by atoms with E-state index in [1.54, 1.807) is 13.3 Å². The summed E-state index contributed by atoms with van der Waals surface area (Å²) in [6.07, 6.45) is 2.38. The molecule has 3 nitrogen and oxygen atoms in total. The van der Waals surface area contributed by atoms with E-state index in [0.29, 0.717) is 5.75 Å². The van der Waals surface area contributed by atoms with Crippen molar-refractivity contribution in [2.24, 2.45) is 0 Å². The Morgan fingerprint density at radius 3 is 2.50 bits per heavy atom. The molecule has 0 saturated heterocycles. The van der Waals surface area contributed by atoms with Crippen LogP contribution in [-0.2, 0) is 15.6 Å². The van der Waals surface area contributed by atoms with Gasteiger partial charge in [0, 0.05) is 35.9 Å². The highest BCUT2D eigenvalue weighted by atomic mass is 32.2. The molecule has 0 aromatic heterocycles. The molecular formula is C6H13NO2S. The lowest BCUT2D eigenvalue weighted by Crippen LogP contribution is -2.32. The molecule has 0 aromatic carbocycles. The quantitative estimate of drug-likeness (QED) is 0.540. The molecule has 0 aromatic rings. The molecule has 0 bridgehead atoms. The zero-order valence-electron chi connectivity index (χ0n) is 6.53. The van der Waals surface area contributed by atoms with Crippen molar-refractivity contribution in [3.63, 3.8) is 0 Å². The first-order valence-electron chi connectivity index (χ1n) is 3.05. The van der Waals surface area contributed by atoms with E-state index in [1.165, 1.54) is 4.90 Å². The first-order chi connectivity index (χ1) is 4.57. The maximum atomic E-state index is 10.6. The highest BCUT2D eigenvalue weighted by Crippen LogP contribution is 1.92. The molecule has 0 heterocycles. The average Bonchev–Trinajstić information content (AvgIpc) is 1.85. The molecule has 4 heteroatoms. The summed E-state index contributed by atoms with van der Waals surface area (Å²) in [6.45, 7) is 1.87. The van der Waals surface area contributed by atoms with Crippen LogP contribution in [0.1, 0.15) is 6.92 Å². The lowest BCUT2D eigenvalue weighted by molar-refractivity contribution is -0.118. The Morgan fingerprint density at radius 1 is 1.70 bits per heavy atom. The van der Waals surface area contributed by atoms with Crippen molar-refractivity contribution in [2.45, 2.75) is 13.0 Å². The number of rotatable bonds is 4. The predicted octanol–water partition coefficient (Wildman–Crippen LogP) is -0.158. The third-order valence-electron chi connectivity index (χ3n) is 1.34. The van der Waals surface area contributed by atoms with E-state index in [-0.39, 0.29) is 6.04 Å². The molecule has 0 rings (SSSR count). The minimum absolute atomic E-state index is 0.0725. The van der Waals surface area contributed by atoms with Gasteiger partial charge in [0.1, 0.15) is 0 Å². The van der Waals surface area contributed by atoms with E-state index < -0.39 is 10.8 Å². The van der Waals surface area contributed by atoms with Crippen LogP contribution in [0.2, 0.25) is 0 Å². The van der Waals surface area contributed by atoms with Gasteiger partial charge in [-0.1, -0.05) is 0 Å². The number of hydrogen-bond acceptors (Lipinski definition) is 2. The molecule has 10 heavy (non-hydrogen) atoms. The Balaban J connectivity index is 3.71. The van der Waals surface area contributed by atoms with Crippen LogP contribution in [0, 0.1) is 0 Å². The van der Waals surface area contributed by atoms with Crippen LogP contribution in [0.15, 0.2) is 0 Å². The number of hydrogen-bond donors (Lipinski definition) is 0. The molecule has 1 amide bonds. The first kappa shape index (κ1) is 9.62. The van der Waals surface area contributed by atoms with E-state index >= 15 is 0 Å². The summed E-state index contributed by atoms with van der Waals surface area (Å²) in [6, 6.07) is 0.0725. The van der Waals surface area contributed by atoms with Gasteiger partial charge in [0.15, 0.2) is 0 Å². The number of carbonyl (C=O) groups is 1. The third-order valence-corrected chi connectivity index (χ3v) is 2.29. The van der Waals surface area contributed by atoms with Crippen LogP contribution >= 0.6 is 0 Å². The van der Waals surface area contributed by atoms with Crippen LogP contribution in [0.3, 0.4) is 0 Å². The van der Waals surface area contributed by atoms with Crippen molar-refractivity contribution in [1.29, 1.82) is 0 Å². The monoisotopic (exact) mass is 163 g/mol. The lowest BCUT2D eigenvalue weighted by atomic mass is 10.4. The van der Waals surface area contributed by atoms with E-state index in [2.05, 4.69) is 0 Å². The summed E-state index contributed by atoms with van der Waals surface area (Å²) in [4.78, 5) is 11.7. The summed E-state index contributed by atoms with van der Waals surface area (Å²) >= 11 is 0. The fourth-order valence-corrected chi connectivity index (χ4v) is 1.48. The van der Waals surface area contributed by atoms with Crippen molar-refractivity contribution in [2.75, 3.05) is 19.1 Å². The molecule has 0 radical (unpaired) electrons. The van der Waals surface area contributed by atoms with Crippen molar-refractivity contribution in [3.05, 3.63) is 0 Å². The fourth-order valence-electron chi connectivity index (χ4n) is 0.561. The van der Waals surface area contributed by atoms with Crippen LogP contribution in [0.25, 0.3) is 0 Å². The van der Waals surface area contributed by atoms with Gasteiger partial charge in [0.2, 0.25) is 6.41 Å². The average molecular weight is 163 g/mol. The fraction of sp³-hybridized carbons (Fsp3) is 0.833. The van der Waals surface area contributed by atoms with Gasteiger partial charge >= 0.3 is 0 Å². The van der Waals surface area contributed by atoms with Crippen molar-refractivity contribution < 1.29 is 9.00 Å². The minimum atomic E-state index is -0.818. The van der Waals surface area contributed by atoms with Gasteiger partial charge in [0.05, 0.1) is 0 Å². The molecule has 0 aliphatic heterocycles. The Bertz CT molecular complexity index is 138. The van der Waals surface area contributed by atoms with Crippen LogP contribution in [-0.4, -0.2) is 40.6 Å². The molecule has 0 aliphatic rings. The Kier molecular flexibility index (Phi) is 4.27. The molecule has 2 atom stereocenters. The summed E-state index contributed by atoms with van der Waals surface area (Å²) in [5.41, 5.74) is 0. The third kappa shape index (κ3) is 3.61. The molecule has 0 aliphatic carbocycles. The van der Waals surface area contributed by atoms with Gasteiger partial charge < -0.3 is 4.90 Å². The molecule has 60 valence electrons. The first-order valence-corrected chi connectivity index (χ1v) is 4.78. The maximum absolute atomic E-state index is 10.6. The lowest BCUT2D eigenvalue weighted by Gasteiger charge is -2.18. The summed E-state index contributed by atoms with van der Waals surface area (Å²) in [5, 5.41) is 0. The molecular weight excluding hydrogens is 150 g/mol. The normalized spacial score (nSPS) is 15.9. The highest BCUT2D eigenvalue weighted by molar-refractivity contribution is 7.84. The van der Waals surface area contributed by atoms with Gasteiger partial charge in [0.25, 0.3) is 0 Å². The molecule has 0 fully saturated rings. The second-order valence-corrected chi connectivity index (χ2v) is 3.84. The number of nitrogens with zero attached hydrogens (tertiary/aromatic N) is 1. The molecule has 0 saturated carbocycles. The minimum Gasteiger partial charge on any atom is -0.345 e. The van der Waals surface area contributed by atoms with E-state index in [0.717, 1.165) is 6.41 Å². The zero-order valence-corrected chi connectivity index (χ0v) is 7.35. The second kappa shape index (κ2) is 4.44. The van der Waals surface area contributed by atoms with Crippen LogP contribution < -0.4 is 0 Å². The van der Waals surface area contributed by atoms with Gasteiger partial charge in [-0.05, 0) is 6.92 Å². The van der Waals surface area contributed by atoms with Gasteiger partial charge in [-0.2, -0.15) is 0 Å². The Hall–Kier alpha value is -0.380. The van der Waals surface area contributed by atoms with Gasteiger partial charge in [-0.25, -0.2) is 0 Å². The second-order valence-electron chi connectivity index (χ2n) is 2.36. The van der Waals surface area contributed by atoms with Gasteiger partial charge in [-0.15, -0.1) is 0 Å². The number of carbonyl (C=O) groups excluding carboxylic acids is 1. The number of amides is 1. The van der Waals surface area contributed by atoms with Crippen molar-refractivity contribution in [3.8, 4) is 0 Å². The molecule has 0 N–H and O–H groups in total. The topological polar surface area (TPSA) is 37.4 Å². The predicted molar refractivity (Wildman–Crippen MR) is 42.2 cm³/mol. The molecule has 2 unspecified atom stereocenters. The summed E-state index contributed by atoms with van der Waals surface area (Å²) in [5.74, 6) is 0.551. The molecule has 0 spiro atoms. The largest absolute Gasteiger partial charge is 0.345 e. The summed E-state index contributed by atoms with van der Waals surface area (Å²) in [7, 11) is 0.867. The smallest absolute Gasteiger partial charge is 0.209 e. The van der Waals surface area contributed by atoms with Crippen molar-refractivity contribution in [1.82, 2.24) is 4.90 Å².